The van der Waals surface area contributed by atoms with Gasteiger partial charge >= 0.3 is 5.97 Å². The van der Waals surface area contributed by atoms with Crippen LogP contribution in [0.15, 0.2) is 0 Å². The predicted molar refractivity (Wildman–Crippen MR) is 62.3 cm³/mol. The monoisotopic (exact) mass is 230 g/mol. The summed E-state index contributed by atoms with van der Waals surface area (Å²) in [6.07, 6.45) is 1.32. The zero-order valence-electron chi connectivity index (χ0n) is 10.3. The maximum Gasteiger partial charge on any atom is 0.323 e. The summed E-state index contributed by atoms with van der Waals surface area (Å²) in [4.78, 5) is 22.3. The van der Waals surface area contributed by atoms with E-state index in [0.29, 0.717) is 32.4 Å². The molecule has 0 spiro atoms. The molecule has 16 heavy (non-hydrogen) atoms. The first-order valence-electron chi connectivity index (χ1n) is 5.77. The minimum atomic E-state index is -0.896. The first kappa shape index (κ1) is 14.9. The lowest BCUT2D eigenvalue weighted by Gasteiger charge is -2.28. The molecule has 0 heterocycles. The molecule has 0 aliphatic carbocycles. The molecule has 0 saturated carbocycles. The van der Waals surface area contributed by atoms with E-state index >= 15 is 0 Å². The molecule has 3 N–H and O–H groups in total. The average Bonchev–Trinajstić information content (AvgIpc) is 2.25. The van der Waals surface area contributed by atoms with Gasteiger partial charge in [-0.3, -0.25) is 9.59 Å². The summed E-state index contributed by atoms with van der Waals surface area (Å²) in [7, 11) is 0. The van der Waals surface area contributed by atoms with Gasteiger partial charge in [0.15, 0.2) is 0 Å². The predicted octanol–water partition coefficient (Wildman–Crippen LogP) is 0.746. The Bertz CT molecular complexity index is 237. The van der Waals surface area contributed by atoms with Crippen molar-refractivity contribution in [1.29, 1.82) is 0 Å². The van der Waals surface area contributed by atoms with Gasteiger partial charge in [0.1, 0.15) is 5.54 Å². The quantitative estimate of drug-likeness (QED) is 0.575. The fourth-order valence-corrected chi connectivity index (χ4v) is 1.58. The van der Waals surface area contributed by atoms with Crippen LogP contribution in [0.2, 0.25) is 0 Å². The van der Waals surface area contributed by atoms with Crippen LogP contribution >= 0.6 is 0 Å². The molecule has 5 heteroatoms. The summed E-state index contributed by atoms with van der Waals surface area (Å²) < 4.78 is 0. The summed E-state index contributed by atoms with van der Waals surface area (Å²) in [5.41, 5.74) is -0.896. The molecular weight excluding hydrogens is 208 g/mol. The smallest absolute Gasteiger partial charge is 0.323 e. The van der Waals surface area contributed by atoms with E-state index in [-0.39, 0.29) is 5.91 Å². The van der Waals surface area contributed by atoms with E-state index in [0.717, 1.165) is 0 Å². The van der Waals surface area contributed by atoms with Crippen molar-refractivity contribution in [3.63, 3.8) is 0 Å². The number of nitrogens with one attached hydrogen (secondary N) is 2. The van der Waals surface area contributed by atoms with Gasteiger partial charge in [0.2, 0.25) is 5.91 Å². The lowest BCUT2D eigenvalue weighted by molar-refractivity contribution is -0.145. The first-order valence-corrected chi connectivity index (χ1v) is 5.77. The van der Waals surface area contributed by atoms with Crippen LogP contribution < -0.4 is 10.6 Å². The van der Waals surface area contributed by atoms with E-state index in [9.17, 15) is 9.59 Å². The fraction of sp³-hybridized carbons (Fsp3) is 0.818. The van der Waals surface area contributed by atoms with Crippen LogP contribution in [0.3, 0.4) is 0 Å². The van der Waals surface area contributed by atoms with Crippen LogP contribution in [-0.2, 0) is 9.59 Å². The summed E-state index contributed by atoms with van der Waals surface area (Å²) in [5, 5.41) is 14.8. The van der Waals surface area contributed by atoms with Gasteiger partial charge in [-0.15, -0.1) is 0 Å². The van der Waals surface area contributed by atoms with Gasteiger partial charge in [-0.1, -0.05) is 13.8 Å². The van der Waals surface area contributed by atoms with E-state index in [1.807, 2.05) is 20.8 Å². The van der Waals surface area contributed by atoms with Crippen LogP contribution in [0.4, 0.5) is 0 Å². The molecule has 0 fully saturated rings. The van der Waals surface area contributed by atoms with Gasteiger partial charge in [0, 0.05) is 19.5 Å². The van der Waals surface area contributed by atoms with Crippen molar-refractivity contribution in [1.82, 2.24) is 10.6 Å². The Morgan fingerprint density at radius 2 is 1.75 bits per heavy atom. The minimum absolute atomic E-state index is 0.0542. The molecule has 0 aromatic heterocycles. The van der Waals surface area contributed by atoms with Gasteiger partial charge in [0.25, 0.3) is 0 Å². The second kappa shape index (κ2) is 7.22. The lowest BCUT2D eigenvalue weighted by atomic mass is 9.93. The standard InChI is InChI=1S/C11H22N2O3/c1-4-11(5-2,10(15)16)13-8-7-9(14)12-6-3/h13H,4-8H2,1-3H3,(H,12,14)(H,15,16). The van der Waals surface area contributed by atoms with Gasteiger partial charge in [-0.05, 0) is 19.8 Å². The van der Waals surface area contributed by atoms with Crippen molar-refractivity contribution < 1.29 is 14.7 Å². The molecule has 0 rings (SSSR count). The zero-order valence-corrected chi connectivity index (χ0v) is 10.3. The summed E-state index contributed by atoms with van der Waals surface area (Å²) in [6.45, 7) is 6.50. The highest BCUT2D eigenvalue weighted by Gasteiger charge is 2.33. The normalized spacial score (nSPS) is 11.2. The molecule has 94 valence electrons. The molecule has 0 aromatic rings. The Hall–Kier alpha value is -1.10. The number of hydrogen-bond acceptors (Lipinski definition) is 3. The lowest BCUT2D eigenvalue weighted by Crippen LogP contribution is -2.52. The van der Waals surface area contributed by atoms with E-state index in [2.05, 4.69) is 10.6 Å². The van der Waals surface area contributed by atoms with E-state index in [1.54, 1.807) is 0 Å². The second-order valence-electron chi connectivity index (χ2n) is 3.72. The second-order valence-corrected chi connectivity index (χ2v) is 3.72. The maximum atomic E-state index is 11.2. The average molecular weight is 230 g/mol. The number of carboxylic acids is 1. The molecule has 0 radical (unpaired) electrons. The summed E-state index contributed by atoms with van der Waals surface area (Å²) in [5.74, 6) is -0.908. The highest BCUT2D eigenvalue weighted by Crippen LogP contribution is 2.15. The van der Waals surface area contributed by atoms with Crippen molar-refractivity contribution in [2.75, 3.05) is 13.1 Å². The molecule has 0 aliphatic heterocycles. The third-order valence-electron chi connectivity index (χ3n) is 2.81. The number of carbonyl (C=O) groups is 2. The number of carboxylic acid groups (broad SMARTS) is 1. The molecular formula is C11H22N2O3. The minimum Gasteiger partial charge on any atom is -0.480 e. The van der Waals surface area contributed by atoms with Crippen LogP contribution in [0.1, 0.15) is 40.0 Å². The Kier molecular flexibility index (Phi) is 6.72. The molecule has 0 atom stereocenters. The molecule has 0 aliphatic rings. The van der Waals surface area contributed by atoms with Crippen molar-refractivity contribution in [3.05, 3.63) is 0 Å². The summed E-state index contributed by atoms with van der Waals surface area (Å²) >= 11 is 0. The highest BCUT2D eigenvalue weighted by atomic mass is 16.4. The van der Waals surface area contributed by atoms with Gasteiger partial charge in [-0.2, -0.15) is 0 Å². The highest BCUT2D eigenvalue weighted by molar-refractivity contribution is 5.79. The van der Waals surface area contributed by atoms with Crippen LogP contribution in [-0.4, -0.2) is 35.6 Å². The first-order chi connectivity index (χ1) is 7.52. The van der Waals surface area contributed by atoms with Crippen molar-refractivity contribution in [3.8, 4) is 0 Å². The van der Waals surface area contributed by atoms with E-state index in [4.69, 9.17) is 5.11 Å². The van der Waals surface area contributed by atoms with E-state index in [1.165, 1.54) is 0 Å². The number of hydrogen-bond donors (Lipinski definition) is 3. The topological polar surface area (TPSA) is 78.4 Å². The Morgan fingerprint density at radius 3 is 2.12 bits per heavy atom. The number of carbonyl (C=O) groups excluding carboxylic acids is 1. The molecule has 5 nitrogen and oxygen atoms in total. The number of rotatable bonds is 8. The number of amides is 1. The van der Waals surface area contributed by atoms with Crippen molar-refractivity contribution in [2.45, 2.75) is 45.6 Å². The molecule has 0 aromatic carbocycles. The van der Waals surface area contributed by atoms with Crippen molar-refractivity contribution in [2.24, 2.45) is 0 Å². The van der Waals surface area contributed by atoms with Gasteiger partial charge in [0.05, 0.1) is 0 Å². The maximum absolute atomic E-state index is 11.2. The van der Waals surface area contributed by atoms with Gasteiger partial charge < -0.3 is 15.7 Å². The SMILES string of the molecule is CCNC(=O)CCNC(CC)(CC)C(=O)O. The van der Waals surface area contributed by atoms with Crippen LogP contribution in [0.5, 0.6) is 0 Å². The molecule has 0 saturated heterocycles. The Balaban J connectivity index is 4.13. The van der Waals surface area contributed by atoms with Gasteiger partial charge in [-0.25, -0.2) is 0 Å². The number of aliphatic carboxylic acids is 1. The van der Waals surface area contributed by atoms with Crippen LogP contribution in [0, 0.1) is 0 Å². The molecule has 0 bridgehead atoms. The third-order valence-corrected chi connectivity index (χ3v) is 2.81. The third kappa shape index (κ3) is 4.18. The van der Waals surface area contributed by atoms with Crippen LogP contribution in [0.25, 0.3) is 0 Å². The Morgan fingerprint density at radius 1 is 1.19 bits per heavy atom. The molecule has 1 amide bonds. The largest absolute Gasteiger partial charge is 0.480 e. The van der Waals surface area contributed by atoms with E-state index < -0.39 is 11.5 Å². The zero-order chi connectivity index (χ0) is 12.6. The summed E-state index contributed by atoms with van der Waals surface area (Å²) in [6, 6.07) is 0. The fourth-order valence-electron chi connectivity index (χ4n) is 1.58. The molecule has 0 unspecified atom stereocenters. The van der Waals surface area contributed by atoms with Crippen molar-refractivity contribution >= 4 is 11.9 Å². The Labute approximate surface area is 96.6 Å².